The van der Waals surface area contributed by atoms with Crippen molar-refractivity contribution in [2.45, 2.75) is 20.4 Å². The van der Waals surface area contributed by atoms with E-state index in [9.17, 15) is 0 Å². The molecule has 1 saturated heterocycles. The van der Waals surface area contributed by atoms with Crippen LogP contribution in [0.25, 0.3) is 21.3 Å². The molecule has 2 aromatic carbocycles. The third-order valence-corrected chi connectivity index (χ3v) is 7.06. The Morgan fingerprint density at radius 1 is 0.933 bits per heavy atom. The summed E-state index contributed by atoms with van der Waals surface area (Å²) in [6, 6.07) is 19.6. The van der Waals surface area contributed by atoms with E-state index in [0.29, 0.717) is 0 Å². The molecular weight excluding hydrogens is 388 g/mol. The van der Waals surface area contributed by atoms with Gasteiger partial charge in [0, 0.05) is 16.0 Å². The van der Waals surface area contributed by atoms with Crippen LogP contribution in [0.1, 0.15) is 16.0 Å². The molecule has 0 atom stereocenters. The Morgan fingerprint density at radius 3 is 2.40 bits per heavy atom. The molecule has 3 heterocycles. The van der Waals surface area contributed by atoms with Gasteiger partial charge in [0.25, 0.3) is 0 Å². The van der Waals surface area contributed by atoms with Gasteiger partial charge in [-0.05, 0) is 19.4 Å². The van der Waals surface area contributed by atoms with Crippen molar-refractivity contribution in [1.82, 2.24) is 9.97 Å². The van der Waals surface area contributed by atoms with E-state index in [2.05, 4.69) is 78.3 Å². The lowest BCUT2D eigenvalue weighted by molar-refractivity contribution is -0.914. The molecule has 5 heteroatoms. The summed E-state index contributed by atoms with van der Waals surface area (Å²) in [4.78, 5) is 15.9. The summed E-state index contributed by atoms with van der Waals surface area (Å²) in [6.45, 7) is 9.74. The molecule has 4 nitrogen and oxygen atoms in total. The maximum absolute atomic E-state index is 4.77. The molecule has 1 N–H and O–H groups in total. The van der Waals surface area contributed by atoms with Crippen molar-refractivity contribution < 1.29 is 4.90 Å². The van der Waals surface area contributed by atoms with Gasteiger partial charge in [-0.2, -0.15) is 0 Å². The maximum Gasteiger partial charge on any atom is 0.141 e. The third-order valence-electron chi connectivity index (χ3n) is 6.05. The highest BCUT2D eigenvalue weighted by molar-refractivity contribution is 7.19. The largest absolute Gasteiger partial charge is 0.345 e. The second kappa shape index (κ2) is 8.17. The van der Waals surface area contributed by atoms with Crippen LogP contribution in [0.3, 0.4) is 0 Å². The van der Waals surface area contributed by atoms with Crippen LogP contribution in [-0.2, 0) is 6.54 Å². The van der Waals surface area contributed by atoms with Crippen LogP contribution < -0.4 is 9.80 Å². The number of nitrogens with one attached hydrogen (secondary N) is 1. The average molecular weight is 416 g/mol. The lowest BCUT2D eigenvalue weighted by Gasteiger charge is -2.33. The summed E-state index contributed by atoms with van der Waals surface area (Å²) in [5.41, 5.74) is 5.25. The number of benzene rings is 2. The second-order valence-corrected chi connectivity index (χ2v) is 9.38. The van der Waals surface area contributed by atoms with Crippen molar-refractivity contribution >= 4 is 27.4 Å². The Labute approximate surface area is 181 Å². The number of thiophene rings is 1. The summed E-state index contributed by atoms with van der Waals surface area (Å²) in [5.74, 6) is 1.10. The van der Waals surface area contributed by atoms with Gasteiger partial charge in [0.15, 0.2) is 0 Å². The first kappa shape index (κ1) is 19.2. The molecule has 30 heavy (non-hydrogen) atoms. The Hall–Kier alpha value is -2.76. The maximum atomic E-state index is 4.77. The number of rotatable bonds is 4. The van der Waals surface area contributed by atoms with Crippen LogP contribution >= 0.6 is 11.3 Å². The fourth-order valence-electron chi connectivity index (χ4n) is 4.43. The van der Waals surface area contributed by atoms with E-state index in [4.69, 9.17) is 4.98 Å². The molecular formula is C25H27N4S+. The normalized spacial score (nSPS) is 15.1. The van der Waals surface area contributed by atoms with Gasteiger partial charge in [-0.1, -0.05) is 60.2 Å². The lowest BCUT2D eigenvalue weighted by atomic mass is 10.0. The molecule has 0 unspecified atom stereocenters. The van der Waals surface area contributed by atoms with E-state index in [-0.39, 0.29) is 0 Å². The Bertz CT molecular complexity index is 1140. The number of anilines is 1. The molecule has 4 aromatic rings. The van der Waals surface area contributed by atoms with Gasteiger partial charge in [0.05, 0.1) is 31.6 Å². The Balaban J connectivity index is 1.43. The molecule has 152 valence electrons. The second-order valence-electron chi connectivity index (χ2n) is 8.18. The topological polar surface area (TPSA) is 33.5 Å². The first-order chi connectivity index (χ1) is 14.7. The van der Waals surface area contributed by atoms with Crippen molar-refractivity contribution in [3.05, 3.63) is 76.9 Å². The zero-order chi connectivity index (χ0) is 20.5. The van der Waals surface area contributed by atoms with Crippen LogP contribution in [0, 0.1) is 13.8 Å². The molecule has 0 bridgehead atoms. The van der Waals surface area contributed by atoms with E-state index in [1.165, 1.54) is 32.5 Å². The molecule has 2 aromatic heterocycles. The van der Waals surface area contributed by atoms with E-state index in [1.54, 1.807) is 22.6 Å². The number of piperazine rings is 1. The number of fused-ring (bicyclic) bond motifs is 1. The SMILES string of the molecule is Cc1ccc(-c2c(C)sc3ncnc(N4CC[NH+](Cc5ccccc5)CC4)c23)cc1. The van der Waals surface area contributed by atoms with E-state index in [0.717, 1.165) is 43.4 Å². The van der Waals surface area contributed by atoms with Crippen LogP contribution in [-0.4, -0.2) is 36.1 Å². The minimum Gasteiger partial charge on any atom is -0.345 e. The van der Waals surface area contributed by atoms with Crippen LogP contribution in [0.5, 0.6) is 0 Å². The minimum absolute atomic E-state index is 1.02. The van der Waals surface area contributed by atoms with Crippen molar-refractivity contribution in [1.29, 1.82) is 0 Å². The van der Waals surface area contributed by atoms with E-state index in [1.807, 2.05) is 0 Å². The van der Waals surface area contributed by atoms with Crippen molar-refractivity contribution in [3.8, 4) is 11.1 Å². The fourth-order valence-corrected chi connectivity index (χ4v) is 5.44. The highest BCUT2D eigenvalue weighted by Gasteiger charge is 2.25. The summed E-state index contributed by atoms with van der Waals surface area (Å²) >= 11 is 1.78. The molecule has 0 saturated carbocycles. The number of aryl methyl sites for hydroxylation is 2. The zero-order valence-electron chi connectivity index (χ0n) is 17.6. The number of quaternary nitrogens is 1. The first-order valence-electron chi connectivity index (χ1n) is 10.6. The molecule has 1 fully saturated rings. The predicted molar refractivity (Wildman–Crippen MR) is 125 cm³/mol. The van der Waals surface area contributed by atoms with Crippen molar-refractivity contribution in [2.24, 2.45) is 0 Å². The number of hydrogen-bond acceptors (Lipinski definition) is 4. The van der Waals surface area contributed by atoms with Gasteiger partial charge >= 0.3 is 0 Å². The van der Waals surface area contributed by atoms with Crippen LogP contribution in [0.15, 0.2) is 60.9 Å². The van der Waals surface area contributed by atoms with Crippen LogP contribution in [0.2, 0.25) is 0 Å². The first-order valence-corrected chi connectivity index (χ1v) is 11.4. The summed E-state index contributed by atoms with van der Waals surface area (Å²) in [6.07, 6.45) is 1.73. The van der Waals surface area contributed by atoms with Crippen LogP contribution in [0.4, 0.5) is 5.82 Å². The van der Waals surface area contributed by atoms with Gasteiger partial charge in [-0.15, -0.1) is 11.3 Å². The highest BCUT2D eigenvalue weighted by Crippen LogP contribution is 2.41. The van der Waals surface area contributed by atoms with Crippen molar-refractivity contribution in [2.75, 3.05) is 31.1 Å². The zero-order valence-corrected chi connectivity index (χ0v) is 18.4. The summed E-state index contributed by atoms with van der Waals surface area (Å²) in [7, 11) is 0. The number of nitrogens with zero attached hydrogens (tertiary/aromatic N) is 3. The minimum atomic E-state index is 1.02. The van der Waals surface area contributed by atoms with Gasteiger partial charge < -0.3 is 9.80 Å². The molecule has 5 rings (SSSR count). The van der Waals surface area contributed by atoms with Gasteiger partial charge in [-0.25, -0.2) is 9.97 Å². The van der Waals surface area contributed by atoms with Crippen molar-refractivity contribution in [3.63, 3.8) is 0 Å². The summed E-state index contributed by atoms with van der Waals surface area (Å²) in [5, 5.41) is 1.22. The lowest BCUT2D eigenvalue weighted by Crippen LogP contribution is -3.13. The molecule has 0 amide bonds. The van der Waals surface area contributed by atoms with E-state index < -0.39 is 0 Å². The Kier molecular flexibility index (Phi) is 5.23. The standard InChI is InChI=1S/C25H26N4S/c1-18-8-10-21(11-9-18)22-19(2)30-25-23(22)24(26-17-27-25)29-14-12-28(13-15-29)16-20-6-4-3-5-7-20/h3-11,17H,12-16H2,1-2H3/p+1. The molecule has 0 aliphatic carbocycles. The summed E-state index contributed by atoms with van der Waals surface area (Å²) < 4.78 is 0. The molecule has 0 radical (unpaired) electrons. The third kappa shape index (κ3) is 3.71. The number of hydrogen-bond donors (Lipinski definition) is 1. The predicted octanol–water partition coefficient (Wildman–Crippen LogP) is 3.88. The quantitative estimate of drug-likeness (QED) is 0.549. The highest BCUT2D eigenvalue weighted by atomic mass is 32.1. The molecule has 1 aliphatic heterocycles. The monoisotopic (exact) mass is 415 g/mol. The van der Waals surface area contributed by atoms with Gasteiger partial charge in [0.2, 0.25) is 0 Å². The Morgan fingerprint density at radius 2 is 1.67 bits per heavy atom. The van der Waals surface area contributed by atoms with E-state index >= 15 is 0 Å². The van der Waals surface area contributed by atoms with Gasteiger partial charge in [0.1, 0.15) is 23.5 Å². The number of aromatic nitrogens is 2. The molecule has 1 aliphatic rings. The average Bonchev–Trinajstić information content (AvgIpc) is 3.11. The fraction of sp³-hybridized carbons (Fsp3) is 0.280. The van der Waals surface area contributed by atoms with Gasteiger partial charge in [-0.3, -0.25) is 0 Å². The smallest absolute Gasteiger partial charge is 0.141 e. The molecule has 0 spiro atoms.